The van der Waals surface area contributed by atoms with Gasteiger partial charge in [0.15, 0.2) is 5.78 Å². The number of hydrogen-bond acceptors (Lipinski definition) is 6. The second-order valence-corrected chi connectivity index (χ2v) is 5.65. The van der Waals surface area contributed by atoms with E-state index in [1.54, 1.807) is 31.5 Å². The monoisotopic (exact) mass is 377 g/mol. The Balaban J connectivity index is 1.83. The molecule has 6 nitrogen and oxygen atoms in total. The first-order valence-electron chi connectivity index (χ1n) is 7.55. The number of nitrogens with zero attached hydrogens (tertiary/aromatic N) is 3. The van der Waals surface area contributed by atoms with Crippen molar-refractivity contribution in [3.05, 3.63) is 59.2 Å². The molecule has 9 heteroatoms. The van der Waals surface area contributed by atoms with E-state index in [4.69, 9.17) is 16.6 Å². The molecule has 0 spiro atoms. The summed E-state index contributed by atoms with van der Waals surface area (Å²) in [6.07, 6.45) is 3.18. The van der Waals surface area contributed by atoms with E-state index in [0.717, 1.165) is 0 Å². The van der Waals surface area contributed by atoms with Crippen molar-refractivity contribution < 1.29 is 22.7 Å². The number of alkyl halides is 2. The van der Waals surface area contributed by atoms with Gasteiger partial charge in [-0.05, 0) is 55.5 Å². The quantitative estimate of drug-likeness (QED) is 0.471. The van der Waals surface area contributed by atoms with E-state index < -0.39 is 12.7 Å². The summed E-state index contributed by atoms with van der Waals surface area (Å²) in [6, 6.07) is 8.10. The Morgan fingerprint density at radius 3 is 2.46 bits per heavy atom. The van der Waals surface area contributed by atoms with Crippen LogP contribution in [0.1, 0.15) is 23.3 Å². The van der Waals surface area contributed by atoms with Gasteiger partial charge in [-0.25, -0.2) is 4.68 Å². The van der Waals surface area contributed by atoms with Crippen LogP contribution in [0.25, 0.3) is 11.5 Å². The molecule has 0 saturated carbocycles. The third-order valence-corrected chi connectivity index (χ3v) is 3.88. The van der Waals surface area contributed by atoms with E-state index in [1.807, 2.05) is 0 Å². The molecule has 0 bridgehead atoms. The van der Waals surface area contributed by atoms with E-state index in [-0.39, 0.29) is 22.3 Å². The Labute approximate surface area is 152 Å². The minimum absolute atomic E-state index is 0.0257. The number of halogens is 2. The molecule has 0 aliphatic rings. The minimum atomic E-state index is -2.92. The normalized spacial score (nSPS) is 12.2. The predicted octanol–water partition coefficient (Wildman–Crippen LogP) is 4.31. The van der Waals surface area contributed by atoms with Crippen LogP contribution in [0.15, 0.2) is 53.2 Å². The van der Waals surface area contributed by atoms with Crippen LogP contribution in [0.3, 0.4) is 0 Å². The van der Waals surface area contributed by atoms with Gasteiger partial charge in [0.05, 0.1) is 0 Å². The number of hydrogen-bond donors (Lipinski definition) is 0. The first kappa shape index (κ1) is 17.9. The second-order valence-electron chi connectivity index (χ2n) is 5.30. The van der Waals surface area contributed by atoms with Crippen LogP contribution in [0, 0.1) is 4.84 Å². The largest absolute Gasteiger partial charge is 0.435 e. The number of pyridine rings is 1. The SMILES string of the molecule is CC(C(=O)c1ccc(OC(F)F)cc1)n1nc(-c2ccncc2)oc1=S. The maximum absolute atomic E-state index is 12.6. The fourth-order valence-corrected chi connectivity index (χ4v) is 2.58. The summed E-state index contributed by atoms with van der Waals surface area (Å²) in [4.78, 5) is 16.6. The molecular weight excluding hydrogens is 364 g/mol. The van der Waals surface area contributed by atoms with Crippen molar-refractivity contribution in [3.8, 4) is 17.2 Å². The van der Waals surface area contributed by atoms with Crippen molar-refractivity contribution >= 4 is 18.0 Å². The summed E-state index contributed by atoms with van der Waals surface area (Å²) in [7, 11) is 0. The van der Waals surface area contributed by atoms with Crippen molar-refractivity contribution in [2.24, 2.45) is 0 Å². The van der Waals surface area contributed by atoms with Gasteiger partial charge in [0.1, 0.15) is 11.8 Å². The van der Waals surface area contributed by atoms with E-state index >= 15 is 0 Å². The predicted molar refractivity (Wildman–Crippen MR) is 90.7 cm³/mol. The van der Waals surface area contributed by atoms with Crippen LogP contribution in [0.4, 0.5) is 8.78 Å². The van der Waals surface area contributed by atoms with Gasteiger partial charge in [-0.2, -0.15) is 8.78 Å². The second kappa shape index (κ2) is 7.52. The molecule has 26 heavy (non-hydrogen) atoms. The molecule has 0 radical (unpaired) electrons. The first-order valence-corrected chi connectivity index (χ1v) is 7.95. The summed E-state index contributed by atoms with van der Waals surface area (Å²) >= 11 is 5.15. The highest BCUT2D eigenvalue weighted by Crippen LogP contribution is 2.22. The van der Waals surface area contributed by atoms with Crippen LogP contribution in [-0.2, 0) is 0 Å². The van der Waals surface area contributed by atoms with Gasteiger partial charge in [-0.15, -0.1) is 5.10 Å². The lowest BCUT2D eigenvalue weighted by atomic mass is 10.1. The Morgan fingerprint density at radius 1 is 1.19 bits per heavy atom. The molecule has 0 amide bonds. The topological polar surface area (TPSA) is 70.2 Å². The molecule has 0 aliphatic heterocycles. The molecule has 1 aromatic carbocycles. The fourth-order valence-electron chi connectivity index (χ4n) is 2.30. The summed E-state index contributed by atoms with van der Waals surface area (Å²) in [5, 5.41) is 4.26. The number of carbonyl (C=O) groups excluding carboxylic acids is 1. The Kier molecular flexibility index (Phi) is 5.17. The lowest BCUT2D eigenvalue weighted by Gasteiger charge is -2.10. The summed E-state index contributed by atoms with van der Waals surface area (Å²) in [5.74, 6) is -0.0424. The highest BCUT2D eigenvalue weighted by Gasteiger charge is 2.21. The standard InChI is InChI=1S/C17H13F2N3O3S/c1-10(14(23)11-2-4-13(5-3-11)24-16(18)19)22-17(26)25-15(21-22)12-6-8-20-9-7-12/h2-10,16H,1H3. The number of Topliss-reactive ketones (excluding diaryl/α,β-unsaturated/α-hetero) is 1. The molecule has 2 heterocycles. The zero-order chi connectivity index (χ0) is 18.7. The maximum Gasteiger partial charge on any atom is 0.387 e. The first-order chi connectivity index (χ1) is 12.5. The molecule has 1 unspecified atom stereocenters. The molecule has 1 atom stereocenters. The molecule has 3 aromatic rings. The van der Waals surface area contributed by atoms with Crippen molar-refractivity contribution in [2.75, 3.05) is 0 Å². The van der Waals surface area contributed by atoms with Gasteiger partial charge in [-0.1, -0.05) is 0 Å². The molecular formula is C17H13F2N3O3S. The summed E-state index contributed by atoms with van der Waals surface area (Å²) in [5.41, 5.74) is 0.993. The van der Waals surface area contributed by atoms with Crippen LogP contribution < -0.4 is 4.74 Å². The lowest BCUT2D eigenvalue weighted by Crippen LogP contribution is -2.18. The molecule has 2 aromatic heterocycles. The smallest absolute Gasteiger partial charge is 0.387 e. The molecule has 3 rings (SSSR count). The van der Waals surface area contributed by atoms with Gasteiger partial charge < -0.3 is 9.15 Å². The average Bonchev–Trinajstić information content (AvgIpc) is 3.03. The Morgan fingerprint density at radius 2 is 1.85 bits per heavy atom. The third kappa shape index (κ3) is 3.83. The van der Waals surface area contributed by atoms with Crippen LogP contribution >= 0.6 is 12.2 Å². The lowest BCUT2D eigenvalue weighted by molar-refractivity contribution is -0.0498. The van der Waals surface area contributed by atoms with Gasteiger partial charge in [0, 0.05) is 23.5 Å². The zero-order valence-electron chi connectivity index (χ0n) is 13.5. The minimum Gasteiger partial charge on any atom is -0.435 e. The molecule has 0 fully saturated rings. The average molecular weight is 377 g/mol. The van der Waals surface area contributed by atoms with E-state index in [1.165, 1.54) is 28.9 Å². The zero-order valence-corrected chi connectivity index (χ0v) is 14.3. The van der Waals surface area contributed by atoms with Crippen LogP contribution in [0.2, 0.25) is 0 Å². The number of ether oxygens (including phenoxy) is 1. The fraction of sp³-hybridized carbons (Fsp3) is 0.176. The third-order valence-electron chi connectivity index (χ3n) is 3.61. The summed E-state index contributed by atoms with van der Waals surface area (Å²) < 4.78 is 35.4. The van der Waals surface area contributed by atoms with Crippen molar-refractivity contribution in [2.45, 2.75) is 19.6 Å². The van der Waals surface area contributed by atoms with Crippen molar-refractivity contribution in [1.82, 2.24) is 14.8 Å². The van der Waals surface area contributed by atoms with Crippen LogP contribution in [-0.4, -0.2) is 27.2 Å². The number of ketones is 1. The highest BCUT2D eigenvalue weighted by atomic mass is 32.1. The molecule has 0 saturated heterocycles. The highest BCUT2D eigenvalue weighted by molar-refractivity contribution is 7.71. The van der Waals surface area contributed by atoms with Gasteiger partial charge in [0.2, 0.25) is 5.89 Å². The van der Waals surface area contributed by atoms with Crippen molar-refractivity contribution in [3.63, 3.8) is 0 Å². The molecule has 0 aliphatic carbocycles. The molecule has 0 N–H and O–H groups in total. The van der Waals surface area contributed by atoms with E-state index in [9.17, 15) is 13.6 Å². The Hall–Kier alpha value is -2.94. The number of rotatable bonds is 6. The number of benzene rings is 1. The van der Waals surface area contributed by atoms with Crippen LogP contribution in [0.5, 0.6) is 5.75 Å². The van der Waals surface area contributed by atoms with Gasteiger partial charge in [0.25, 0.3) is 4.84 Å². The maximum atomic E-state index is 12.6. The molecule has 134 valence electrons. The van der Waals surface area contributed by atoms with Gasteiger partial charge >= 0.3 is 6.61 Å². The van der Waals surface area contributed by atoms with Crippen molar-refractivity contribution in [1.29, 1.82) is 0 Å². The Bertz CT molecular complexity index is 955. The van der Waals surface area contributed by atoms with E-state index in [2.05, 4.69) is 14.8 Å². The number of aromatic nitrogens is 3. The number of carbonyl (C=O) groups is 1. The summed E-state index contributed by atoms with van der Waals surface area (Å²) in [6.45, 7) is -1.30. The van der Waals surface area contributed by atoms with Gasteiger partial charge in [-0.3, -0.25) is 9.78 Å². The van der Waals surface area contributed by atoms with E-state index in [0.29, 0.717) is 11.1 Å².